The van der Waals surface area contributed by atoms with Gasteiger partial charge in [0, 0.05) is 10.6 Å². The standard InChI is InChI=1S/C15H19NO3S/c1-20-11-8-6-10(7-9-11)16-14(17)12-4-2-3-5-13(12)15(18)19/h6-9,12-13H,2-5H2,1H3,(H,16,17)(H,18,19)/t12-,13+/m1/s1. The highest BCUT2D eigenvalue weighted by atomic mass is 32.2. The molecule has 0 spiro atoms. The molecule has 0 saturated heterocycles. The van der Waals surface area contributed by atoms with E-state index >= 15 is 0 Å². The highest BCUT2D eigenvalue weighted by molar-refractivity contribution is 7.98. The average Bonchev–Trinajstić information content (AvgIpc) is 2.48. The van der Waals surface area contributed by atoms with Crippen molar-refractivity contribution in [1.82, 2.24) is 0 Å². The molecule has 1 aliphatic rings. The molecular weight excluding hydrogens is 274 g/mol. The van der Waals surface area contributed by atoms with Crippen LogP contribution in [0.5, 0.6) is 0 Å². The van der Waals surface area contributed by atoms with E-state index in [1.54, 1.807) is 11.8 Å². The van der Waals surface area contributed by atoms with Gasteiger partial charge in [-0.3, -0.25) is 9.59 Å². The summed E-state index contributed by atoms with van der Waals surface area (Å²) < 4.78 is 0. The van der Waals surface area contributed by atoms with Crippen molar-refractivity contribution in [2.24, 2.45) is 11.8 Å². The zero-order valence-electron chi connectivity index (χ0n) is 11.5. The summed E-state index contributed by atoms with van der Waals surface area (Å²) in [6.45, 7) is 0. The second-order valence-corrected chi connectivity index (χ2v) is 5.93. The fourth-order valence-corrected chi connectivity index (χ4v) is 3.06. The summed E-state index contributed by atoms with van der Waals surface area (Å²) in [7, 11) is 0. The van der Waals surface area contributed by atoms with Crippen molar-refractivity contribution < 1.29 is 14.7 Å². The molecule has 2 rings (SSSR count). The van der Waals surface area contributed by atoms with Crippen LogP contribution in [-0.2, 0) is 9.59 Å². The monoisotopic (exact) mass is 293 g/mol. The SMILES string of the molecule is CSc1ccc(NC(=O)[C@@H]2CCCC[C@@H]2C(=O)O)cc1. The van der Waals surface area contributed by atoms with Crippen molar-refractivity contribution in [3.8, 4) is 0 Å². The average molecular weight is 293 g/mol. The van der Waals surface area contributed by atoms with E-state index in [4.69, 9.17) is 0 Å². The van der Waals surface area contributed by atoms with Gasteiger partial charge in [0.1, 0.15) is 0 Å². The van der Waals surface area contributed by atoms with Crippen LogP contribution < -0.4 is 5.32 Å². The Labute approximate surface area is 123 Å². The van der Waals surface area contributed by atoms with Gasteiger partial charge >= 0.3 is 5.97 Å². The molecule has 1 aromatic rings. The lowest BCUT2D eigenvalue weighted by atomic mass is 9.78. The first-order valence-corrected chi connectivity index (χ1v) is 8.02. The van der Waals surface area contributed by atoms with Crippen LogP contribution in [-0.4, -0.2) is 23.2 Å². The van der Waals surface area contributed by atoms with E-state index in [2.05, 4.69) is 5.32 Å². The molecule has 20 heavy (non-hydrogen) atoms. The Bertz CT molecular complexity index is 486. The number of nitrogens with one attached hydrogen (secondary N) is 1. The van der Waals surface area contributed by atoms with E-state index in [1.807, 2.05) is 30.5 Å². The van der Waals surface area contributed by atoms with Crippen LogP contribution in [0.15, 0.2) is 29.2 Å². The Hall–Kier alpha value is -1.49. The van der Waals surface area contributed by atoms with Gasteiger partial charge in [-0.1, -0.05) is 12.8 Å². The van der Waals surface area contributed by atoms with Gasteiger partial charge in [0.25, 0.3) is 0 Å². The number of carbonyl (C=O) groups is 2. The summed E-state index contributed by atoms with van der Waals surface area (Å²) in [4.78, 5) is 24.6. The van der Waals surface area contributed by atoms with Gasteiger partial charge in [-0.05, 0) is 43.4 Å². The molecule has 0 unspecified atom stereocenters. The molecule has 1 fully saturated rings. The first kappa shape index (κ1) is 14.9. The zero-order valence-corrected chi connectivity index (χ0v) is 12.3. The van der Waals surface area contributed by atoms with E-state index in [0.29, 0.717) is 12.8 Å². The third kappa shape index (κ3) is 3.54. The van der Waals surface area contributed by atoms with Gasteiger partial charge in [-0.15, -0.1) is 11.8 Å². The maximum atomic E-state index is 12.3. The second-order valence-electron chi connectivity index (χ2n) is 5.05. The molecule has 1 aromatic carbocycles. The van der Waals surface area contributed by atoms with Gasteiger partial charge < -0.3 is 10.4 Å². The second kappa shape index (κ2) is 6.79. The molecule has 2 N–H and O–H groups in total. The van der Waals surface area contributed by atoms with Gasteiger partial charge in [0.15, 0.2) is 0 Å². The molecular formula is C15H19NO3S. The Morgan fingerprint density at radius 1 is 1.15 bits per heavy atom. The highest BCUT2D eigenvalue weighted by Gasteiger charge is 2.35. The lowest BCUT2D eigenvalue weighted by Crippen LogP contribution is -2.36. The van der Waals surface area contributed by atoms with Gasteiger partial charge in [0.05, 0.1) is 11.8 Å². The fourth-order valence-electron chi connectivity index (χ4n) is 2.65. The number of hydrogen-bond acceptors (Lipinski definition) is 3. The van der Waals surface area contributed by atoms with Crippen LogP contribution in [0.2, 0.25) is 0 Å². The van der Waals surface area contributed by atoms with E-state index in [1.165, 1.54) is 0 Å². The summed E-state index contributed by atoms with van der Waals surface area (Å²) in [5.41, 5.74) is 0.725. The lowest BCUT2D eigenvalue weighted by molar-refractivity contribution is -0.147. The first-order chi connectivity index (χ1) is 9.61. The third-order valence-corrected chi connectivity index (χ3v) is 4.52. The maximum absolute atomic E-state index is 12.3. The predicted molar refractivity (Wildman–Crippen MR) is 79.9 cm³/mol. The quantitative estimate of drug-likeness (QED) is 0.836. The maximum Gasteiger partial charge on any atom is 0.307 e. The van der Waals surface area contributed by atoms with Crippen molar-refractivity contribution in [1.29, 1.82) is 0 Å². The summed E-state index contributed by atoms with van der Waals surface area (Å²) in [6, 6.07) is 7.58. The van der Waals surface area contributed by atoms with Crippen molar-refractivity contribution in [2.45, 2.75) is 30.6 Å². The number of thioether (sulfide) groups is 1. The number of aliphatic carboxylic acids is 1. The summed E-state index contributed by atoms with van der Waals surface area (Å²) in [5, 5.41) is 12.0. The lowest BCUT2D eigenvalue weighted by Gasteiger charge is -2.27. The van der Waals surface area contributed by atoms with E-state index in [9.17, 15) is 14.7 Å². The molecule has 0 aromatic heterocycles. The van der Waals surface area contributed by atoms with E-state index < -0.39 is 17.8 Å². The smallest absolute Gasteiger partial charge is 0.307 e. The minimum Gasteiger partial charge on any atom is -0.481 e. The molecule has 108 valence electrons. The van der Waals surface area contributed by atoms with Crippen LogP contribution in [0, 0.1) is 11.8 Å². The molecule has 1 aliphatic carbocycles. The number of benzene rings is 1. The van der Waals surface area contributed by atoms with Gasteiger partial charge in [-0.25, -0.2) is 0 Å². The zero-order chi connectivity index (χ0) is 14.5. The largest absolute Gasteiger partial charge is 0.481 e. The van der Waals surface area contributed by atoms with E-state index in [-0.39, 0.29) is 5.91 Å². The fraction of sp³-hybridized carbons (Fsp3) is 0.467. The molecule has 0 radical (unpaired) electrons. The van der Waals surface area contributed by atoms with Crippen molar-refractivity contribution in [3.63, 3.8) is 0 Å². The molecule has 0 bridgehead atoms. The van der Waals surface area contributed by atoms with Gasteiger partial charge in [-0.2, -0.15) is 0 Å². The molecule has 5 heteroatoms. The molecule has 1 amide bonds. The van der Waals surface area contributed by atoms with Crippen LogP contribution >= 0.6 is 11.8 Å². The van der Waals surface area contributed by atoms with Crippen LogP contribution in [0.4, 0.5) is 5.69 Å². The number of carboxylic acids is 1. The Kier molecular flexibility index (Phi) is 5.06. The molecule has 0 aliphatic heterocycles. The molecule has 2 atom stereocenters. The first-order valence-electron chi connectivity index (χ1n) is 6.79. The predicted octanol–water partition coefficient (Wildman–Crippen LogP) is 3.24. The Morgan fingerprint density at radius 2 is 1.75 bits per heavy atom. The topological polar surface area (TPSA) is 66.4 Å². The Balaban J connectivity index is 2.03. The number of amides is 1. The Morgan fingerprint density at radius 3 is 2.30 bits per heavy atom. The van der Waals surface area contributed by atoms with Crippen LogP contribution in [0.25, 0.3) is 0 Å². The van der Waals surface area contributed by atoms with Crippen molar-refractivity contribution in [2.75, 3.05) is 11.6 Å². The number of anilines is 1. The minimum absolute atomic E-state index is 0.172. The summed E-state index contributed by atoms with van der Waals surface area (Å²) in [6.07, 6.45) is 5.06. The molecule has 4 nitrogen and oxygen atoms in total. The van der Waals surface area contributed by atoms with Crippen LogP contribution in [0.3, 0.4) is 0 Å². The van der Waals surface area contributed by atoms with Crippen molar-refractivity contribution >= 4 is 29.3 Å². The number of rotatable bonds is 4. The number of hydrogen-bond donors (Lipinski definition) is 2. The molecule has 0 heterocycles. The normalized spacial score (nSPS) is 22.2. The third-order valence-electron chi connectivity index (χ3n) is 3.78. The number of carboxylic acid groups (broad SMARTS) is 1. The highest BCUT2D eigenvalue weighted by Crippen LogP contribution is 2.31. The molecule has 1 saturated carbocycles. The summed E-state index contributed by atoms with van der Waals surface area (Å²) in [5.74, 6) is -1.99. The van der Waals surface area contributed by atoms with Crippen LogP contribution in [0.1, 0.15) is 25.7 Å². The minimum atomic E-state index is -0.859. The van der Waals surface area contributed by atoms with Crippen molar-refractivity contribution in [3.05, 3.63) is 24.3 Å². The van der Waals surface area contributed by atoms with E-state index in [0.717, 1.165) is 23.4 Å². The number of carbonyl (C=O) groups excluding carboxylic acids is 1. The van der Waals surface area contributed by atoms with Gasteiger partial charge in [0.2, 0.25) is 5.91 Å². The summed E-state index contributed by atoms with van der Waals surface area (Å²) >= 11 is 1.64.